The van der Waals surface area contributed by atoms with Crippen molar-refractivity contribution in [3.8, 4) is 6.07 Å². The minimum absolute atomic E-state index is 0.0158. The molecule has 10 heterocycles. The second-order valence-corrected chi connectivity index (χ2v) is 42.0. The monoisotopic (exact) mass is 1980 g/mol. The summed E-state index contributed by atoms with van der Waals surface area (Å²) in [5.41, 5.74) is 34.2. The van der Waals surface area contributed by atoms with Crippen molar-refractivity contribution in [2.75, 3.05) is 41.3 Å². The number of likely N-dealkylation sites (N-methyl/N-ethyl adjacent to an activating group) is 3. The zero-order valence-electron chi connectivity index (χ0n) is 81.2. The van der Waals surface area contributed by atoms with Crippen molar-refractivity contribution < 1.29 is 55.1 Å². The Kier molecular flexibility index (Phi) is 28.8. The third-order valence-corrected chi connectivity index (χ3v) is 30.8. The van der Waals surface area contributed by atoms with Gasteiger partial charge >= 0.3 is 0 Å². The number of amides is 6. The van der Waals surface area contributed by atoms with E-state index in [0.29, 0.717) is 47.7 Å². The van der Waals surface area contributed by atoms with Crippen molar-refractivity contribution in [2.24, 2.45) is 59.5 Å². The number of aromatic nitrogens is 2. The van der Waals surface area contributed by atoms with Gasteiger partial charge in [-0.05, 0) is 210 Å². The molecule has 10 N–H and O–H groups in total. The van der Waals surface area contributed by atoms with E-state index in [9.17, 15) is 60.4 Å². The number of likely N-dealkylation sites (tertiary alicyclic amines) is 1. The number of hydrogen-bond donors (Lipinski definition) is 5. The smallest absolute Gasteiger partial charge is 0.270 e. The maximum Gasteiger partial charge on any atom is 0.270 e. The van der Waals surface area contributed by atoms with Crippen LogP contribution < -0.4 is 28.7 Å². The number of carbonyl (C=O) groups excluding carboxylic acids is 6. The second-order valence-electron chi connectivity index (χ2n) is 39.0. The summed E-state index contributed by atoms with van der Waals surface area (Å²) >= 11 is 4.75. The lowest BCUT2D eigenvalue weighted by Gasteiger charge is -2.43. The standard InChI is InChI=1S/C27H28N4OS2.C21H21N5O.2C20H20F3N3O.C20H24N4O2S/c1-26(2,3)19-7-5-17(6-8-19)23-24(32)31(16-22-29-12-14-34-22)25(28)30-27(23,4)20-9-10-21-18(15-20)11-13-33-21;1-21(16-9-10-24-17(11-16)12-22)18(19(27)26(2)20(23)25-21)15-7-5-14(6-8-15)13-3-4-13;2*1-19(13-8-10-15(21)11-9-13)16(17(27)26(3)18(24)25-19)12-4-6-14(7-5-12)20(2,22)23;1-20(11-17(25)23(2)19(21)22-20)14-7-5-9-24(12-14)18(26)16-10-13-6-3-4-8-15(13)27-16/h5-15,23H,16H2,1-4H3,(H2,28,30);5-11,13,18H,3-4H2,1-2H3,(H2,23,25);2*4-11,16H,1-3H3,(H2,24,25);3-4,6,8,10,14H,5,7,9,11-12H2,1-2H3,(H2,21,22)/t23-,27+;18-,21-;16-,19+;16-,19-;14?,20-/m01010/s1. The van der Waals surface area contributed by atoms with Crippen LogP contribution in [-0.4, -0.2) is 151 Å². The van der Waals surface area contributed by atoms with Crippen LogP contribution in [0.25, 0.3) is 20.2 Å². The van der Waals surface area contributed by atoms with E-state index in [-0.39, 0.29) is 93.4 Å². The fourth-order valence-corrected chi connectivity index (χ4v) is 21.7. The van der Waals surface area contributed by atoms with Gasteiger partial charge in [-0.25, -0.2) is 61.3 Å². The molecular formula is C108H113F6N19O6S3. The van der Waals surface area contributed by atoms with Crippen LogP contribution in [0.4, 0.5) is 26.3 Å². The highest BCUT2D eigenvalue weighted by molar-refractivity contribution is 7.20. The van der Waals surface area contributed by atoms with Gasteiger partial charge in [0.05, 0.1) is 47.1 Å². The van der Waals surface area contributed by atoms with Crippen LogP contribution in [0.1, 0.15) is 218 Å². The van der Waals surface area contributed by atoms with Crippen molar-refractivity contribution in [3.63, 3.8) is 0 Å². The molecule has 4 aromatic heterocycles. The molecule has 25 nitrogen and oxygen atoms in total. The second kappa shape index (κ2) is 40.0. The first-order valence-corrected chi connectivity index (χ1v) is 49.0. The summed E-state index contributed by atoms with van der Waals surface area (Å²) in [6, 6.07) is 63.2. The van der Waals surface area contributed by atoms with Gasteiger partial charge in [-0.15, -0.1) is 34.0 Å². The number of benzene rings is 8. The highest BCUT2D eigenvalue weighted by Crippen LogP contribution is 2.52. The van der Waals surface area contributed by atoms with Gasteiger partial charge < -0.3 is 33.6 Å². The van der Waals surface area contributed by atoms with Gasteiger partial charge in [0, 0.05) is 99.3 Å². The Balaban J connectivity index is 0.000000134. The summed E-state index contributed by atoms with van der Waals surface area (Å²) in [4.78, 5) is 120. The Hall–Kier alpha value is -14.3. The van der Waals surface area contributed by atoms with E-state index in [1.54, 1.807) is 93.0 Å². The molecule has 1 aliphatic carbocycles. The number of pyridine rings is 1. The average molecular weight is 1980 g/mol. The maximum absolute atomic E-state index is 14.1. The van der Waals surface area contributed by atoms with E-state index in [4.69, 9.17) is 33.7 Å². The molecule has 6 aliphatic heterocycles. The fourth-order valence-electron chi connectivity index (χ4n) is 19.3. The molecule has 6 amide bonds. The SMILES string of the molecule is CC(C)(C)c1ccc([C@H]2C(=O)N(Cc3nccs3)C(N)=N[C@]2(C)c2ccc3sccc3c2)cc1.CN1C(=O)C[C@@](C)(C2CCCN(C(=O)c3cc4ccccc4s3)C2)N=C1N.CN1C(=O)[C@@H](c2ccc(C(C)(F)F)cc2)[C@@](C)(c2ccc(F)cc2)N=C1N.CN1C(=O)[C@@H](c2ccc(C3CC3)cc2)[C@@](C)(c2ccnc(C#N)c2)N=C1N.CN1C(=O)[C@H](c2ccc(C(C)(F)F)cc2)[C@@](C)(c2ccc(F)cc2)N=C1N. The Morgan fingerprint density at radius 1 is 0.458 bits per heavy atom. The number of nitrogens with two attached hydrogens (primary N) is 5. The normalized spacial score (nSPS) is 23.7. The quantitative estimate of drug-likeness (QED) is 0.0596. The molecule has 142 heavy (non-hydrogen) atoms. The molecule has 34 heteroatoms. The molecule has 0 bridgehead atoms. The number of nitriles is 1. The third-order valence-electron chi connectivity index (χ3n) is 28.1. The van der Waals surface area contributed by atoms with Crippen LogP contribution in [0, 0.1) is 28.9 Å². The number of piperidine rings is 1. The van der Waals surface area contributed by atoms with Crippen LogP contribution in [-0.2, 0) is 69.9 Å². The fraction of sp³-hybridized carbons (Fsp3) is 0.333. The largest absolute Gasteiger partial charge is 0.369 e. The van der Waals surface area contributed by atoms with Crippen molar-refractivity contribution in [1.29, 1.82) is 5.26 Å². The molecule has 736 valence electrons. The number of fused-ring (bicyclic) bond motifs is 2. The number of thiazole rings is 1. The van der Waals surface area contributed by atoms with E-state index in [2.05, 4.69) is 123 Å². The molecule has 1 saturated carbocycles. The lowest BCUT2D eigenvalue weighted by molar-refractivity contribution is -0.132. The maximum atomic E-state index is 14.1. The average Bonchev–Trinajstić information content (AvgIpc) is 1.56. The van der Waals surface area contributed by atoms with E-state index in [1.165, 1.54) is 158 Å². The molecule has 0 radical (unpaired) electrons. The minimum atomic E-state index is -2.98. The van der Waals surface area contributed by atoms with Gasteiger partial charge in [-0.2, -0.15) is 5.26 Å². The molecular weight excluding hydrogens is 1870 g/mol. The van der Waals surface area contributed by atoms with Gasteiger partial charge in [0.1, 0.15) is 50.6 Å². The van der Waals surface area contributed by atoms with Gasteiger partial charge in [0.25, 0.3) is 17.8 Å². The van der Waals surface area contributed by atoms with E-state index in [1.807, 2.05) is 73.5 Å². The molecule has 7 aliphatic rings. The zero-order valence-corrected chi connectivity index (χ0v) is 83.7. The lowest BCUT2D eigenvalue weighted by Crippen LogP contribution is -2.54. The first kappa shape index (κ1) is 102. The summed E-state index contributed by atoms with van der Waals surface area (Å²) in [5.74, 6) is -8.61. The topological polar surface area (TPSA) is 363 Å². The van der Waals surface area contributed by atoms with Crippen molar-refractivity contribution in [2.45, 2.75) is 182 Å². The van der Waals surface area contributed by atoms with Crippen LogP contribution in [0.3, 0.4) is 0 Å². The van der Waals surface area contributed by atoms with Gasteiger partial charge in [-0.1, -0.05) is 166 Å². The van der Waals surface area contributed by atoms with Crippen LogP contribution in [0.2, 0.25) is 0 Å². The number of thiophene rings is 2. The highest BCUT2D eigenvalue weighted by atomic mass is 32.1. The third kappa shape index (κ3) is 20.9. The zero-order chi connectivity index (χ0) is 102. The predicted octanol–water partition coefficient (Wildman–Crippen LogP) is 18.8. The molecule has 10 atom stereocenters. The molecule has 1 unspecified atom stereocenters. The summed E-state index contributed by atoms with van der Waals surface area (Å²) in [5, 5.41) is 16.3. The number of aliphatic imine (C=N–C) groups is 5. The molecule has 0 spiro atoms. The van der Waals surface area contributed by atoms with Gasteiger partial charge in [-0.3, -0.25) is 53.3 Å². The van der Waals surface area contributed by atoms with Gasteiger partial charge in [0.2, 0.25) is 29.5 Å². The molecule has 1 saturated heterocycles. The summed E-state index contributed by atoms with van der Waals surface area (Å²) in [6.45, 7) is 19.2. The van der Waals surface area contributed by atoms with Crippen LogP contribution in [0.15, 0.2) is 260 Å². The van der Waals surface area contributed by atoms with Crippen LogP contribution >= 0.6 is 34.0 Å². The number of halogens is 6. The van der Waals surface area contributed by atoms with Crippen molar-refractivity contribution in [1.82, 2.24) is 39.4 Å². The van der Waals surface area contributed by atoms with Crippen LogP contribution in [0.5, 0.6) is 0 Å². The molecule has 12 aromatic rings. The molecule has 2 fully saturated rings. The Bertz CT molecular complexity index is 6790. The summed E-state index contributed by atoms with van der Waals surface area (Å²) in [7, 11) is 6.30. The Labute approximate surface area is 832 Å². The number of nitrogens with zero attached hydrogens (tertiary/aromatic N) is 14. The van der Waals surface area contributed by atoms with Gasteiger partial charge in [0.15, 0.2) is 29.8 Å². The number of guanidine groups is 5. The molecule has 8 aromatic carbocycles. The molecule has 19 rings (SSSR count). The lowest BCUT2D eigenvalue weighted by atomic mass is 9.73. The number of hydrogen-bond acceptors (Lipinski definition) is 22. The van der Waals surface area contributed by atoms with E-state index in [0.717, 1.165) is 80.8 Å². The van der Waals surface area contributed by atoms with Crippen molar-refractivity contribution in [3.05, 3.63) is 329 Å². The number of rotatable bonds is 15. The predicted molar refractivity (Wildman–Crippen MR) is 545 cm³/mol. The number of carbonyl (C=O) groups is 6. The van der Waals surface area contributed by atoms with Crippen molar-refractivity contribution >= 4 is 119 Å². The number of alkyl halides is 4. The Morgan fingerprint density at radius 3 is 1.35 bits per heavy atom. The van der Waals surface area contributed by atoms with E-state index >= 15 is 0 Å². The minimum Gasteiger partial charge on any atom is -0.369 e. The highest BCUT2D eigenvalue weighted by Gasteiger charge is 2.53. The first-order chi connectivity index (χ1) is 67.0. The summed E-state index contributed by atoms with van der Waals surface area (Å²) < 4.78 is 83.2. The van der Waals surface area contributed by atoms with E-state index < -0.39 is 74.8 Å². The summed E-state index contributed by atoms with van der Waals surface area (Å²) in [6.07, 6.45) is 7.97. The first-order valence-electron chi connectivity index (χ1n) is 46.4. The Morgan fingerprint density at radius 2 is 0.894 bits per heavy atom.